The molecule has 3 aromatic carbocycles. The van der Waals surface area contributed by atoms with E-state index in [2.05, 4.69) is 17.6 Å². The van der Waals surface area contributed by atoms with E-state index in [0.717, 1.165) is 33.0 Å². The van der Waals surface area contributed by atoms with Gasteiger partial charge in [-0.2, -0.15) is 0 Å². The monoisotopic (exact) mass is 520 g/mol. The van der Waals surface area contributed by atoms with Crippen molar-refractivity contribution in [2.24, 2.45) is 5.92 Å². The van der Waals surface area contributed by atoms with Gasteiger partial charge in [0, 0.05) is 47.4 Å². The lowest BCUT2D eigenvalue weighted by atomic mass is 9.91. The Kier molecular flexibility index (Phi) is 9.00. The summed E-state index contributed by atoms with van der Waals surface area (Å²) in [6.45, 7) is 5.09. The fraction of sp³-hybridized carbons (Fsp3) is 0.310. The lowest BCUT2D eigenvalue weighted by molar-refractivity contribution is -0.268. The number of hydrogen-bond donors (Lipinski definition) is 3. The summed E-state index contributed by atoms with van der Waals surface area (Å²) in [5, 5.41) is 15.0. The molecule has 0 radical (unpaired) electrons. The molecule has 0 aliphatic carbocycles. The largest absolute Gasteiger partial charge is 0.392 e. The first-order valence-corrected chi connectivity index (χ1v) is 13.2. The van der Waals surface area contributed by atoms with E-state index in [1.807, 2.05) is 72.8 Å². The number of ether oxygens (including phenoxy) is 2. The van der Waals surface area contributed by atoms with E-state index in [1.54, 1.807) is 11.8 Å². The van der Waals surface area contributed by atoms with Gasteiger partial charge in [-0.1, -0.05) is 43.3 Å². The van der Waals surface area contributed by atoms with Gasteiger partial charge in [-0.15, -0.1) is 11.8 Å². The molecule has 2 amide bonds. The van der Waals surface area contributed by atoms with Crippen molar-refractivity contribution in [1.29, 1.82) is 0 Å². The molecular weight excluding hydrogens is 488 g/mol. The SMILES string of the molecule is CC(=O)Nc1ccc(SC[C@@H]2O[C@H](c3ccc(NC(C)=O)cc3)O[C@H](c3ccc(CO)cc3)[C@@H]2C)cc1. The van der Waals surface area contributed by atoms with E-state index in [9.17, 15) is 14.7 Å². The topological polar surface area (TPSA) is 96.9 Å². The minimum absolute atomic E-state index is 0.00622. The Labute approximate surface area is 221 Å². The number of anilines is 2. The third-order valence-electron chi connectivity index (χ3n) is 6.22. The highest BCUT2D eigenvalue weighted by molar-refractivity contribution is 7.99. The summed E-state index contributed by atoms with van der Waals surface area (Å²) >= 11 is 1.69. The molecule has 1 saturated heterocycles. The number of aliphatic hydroxyl groups is 1. The van der Waals surface area contributed by atoms with E-state index >= 15 is 0 Å². The number of carbonyl (C=O) groups excluding carboxylic acids is 2. The van der Waals surface area contributed by atoms with Crippen molar-refractivity contribution in [3.05, 3.63) is 89.5 Å². The van der Waals surface area contributed by atoms with Crippen LogP contribution in [0.5, 0.6) is 0 Å². The Hall–Kier alpha value is -3.17. The maximum atomic E-state index is 11.4. The molecule has 0 bridgehead atoms. The molecule has 0 unspecified atom stereocenters. The molecule has 3 aromatic rings. The second-order valence-electron chi connectivity index (χ2n) is 9.14. The lowest BCUT2D eigenvalue weighted by Gasteiger charge is -2.41. The smallest absolute Gasteiger partial charge is 0.221 e. The Morgan fingerprint density at radius 3 is 1.89 bits per heavy atom. The van der Waals surface area contributed by atoms with Gasteiger partial charge >= 0.3 is 0 Å². The average Bonchev–Trinajstić information content (AvgIpc) is 2.89. The van der Waals surface area contributed by atoms with Crippen molar-refractivity contribution >= 4 is 35.0 Å². The average molecular weight is 521 g/mol. The predicted molar refractivity (Wildman–Crippen MR) is 145 cm³/mol. The van der Waals surface area contributed by atoms with E-state index in [1.165, 1.54) is 13.8 Å². The first-order valence-electron chi connectivity index (χ1n) is 12.2. The van der Waals surface area contributed by atoms with Crippen LogP contribution in [0, 0.1) is 5.92 Å². The zero-order valence-corrected chi connectivity index (χ0v) is 22.0. The van der Waals surface area contributed by atoms with Crippen LogP contribution in [0.4, 0.5) is 11.4 Å². The van der Waals surface area contributed by atoms with Crippen LogP contribution < -0.4 is 10.6 Å². The molecule has 1 fully saturated rings. The molecule has 0 spiro atoms. The summed E-state index contributed by atoms with van der Waals surface area (Å²) in [4.78, 5) is 23.7. The molecule has 37 heavy (non-hydrogen) atoms. The molecule has 8 heteroatoms. The highest BCUT2D eigenvalue weighted by Crippen LogP contribution is 2.43. The normalized spacial score (nSPS) is 21.3. The Morgan fingerprint density at radius 1 is 0.811 bits per heavy atom. The third kappa shape index (κ3) is 7.20. The molecule has 0 aromatic heterocycles. The number of aliphatic hydroxyl groups excluding tert-OH is 1. The Bertz CT molecular complexity index is 1200. The van der Waals surface area contributed by atoms with Gasteiger partial charge in [-0.05, 0) is 47.5 Å². The quantitative estimate of drug-likeness (QED) is 0.331. The van der Waals surface area contributed by atoms with E-state index in [0.29, 0.717) is 5.69 Å². The minimum atomic E-state index is -0.571. The summed E-state index contributed by atoms with van der Waals surface area (Å²) in [5.74, 6) is 0.566. The predicted octanol–water partition coefficient (Wildman–Crippen LogP) is 5.68. The van der Waals surface area contributed by atoms with E-state index in [-0.39, 0.29) is 36.5 Å². The fourth-order valence-corrected chi connectivity index (χ4v) is 5.32. The Balaban J connectivity index is 1.53. The van der Waals surface area contributed by atoms with Crippen molar-refractivity contribution < 1.29 is 24.2 Å². The molecule has 194 valence electrons. The van der Waals surface area contributed by atoms with Crippen LogP contribution in [-0.2, 0) is 25.7 Å². The van der Waals surface area contributed by atoms with Crippen LogP contribution >= 0.6 is 11.8 Å². The zero-order chi connectivity index (χ0) is 26.4. The van der Waals surface area contributed by atoms with Crippen LogP contribution in [0.25, 0.3) is 0 Å². The molecule has 1 aliphatic rings. The molecular formula is C29H32N2O5S. The maximum Gasteiger partial charge on any atom is 0.221 e. The second-order valence-corrected chi connectivity index (χ2v) is 10.2. The van der Waals surface area contributed by atoms with Gasteiger partial charge in [-0.3, -0.25) is 9.59 Å². The number of benzene rings is 3. The number of hydrogen-bond acceptors (Lipinski definition) is 6. The van der Waals surface area contributed by atoms with E-state index in [4.69, 9.17) is 9.47 Å². The van der Waals surface area contributed by atoms with Crippen LogP contribution in [0.15, 0.2) is 77.7 Å². The number of nitrogens with one attached hydrogen (secondary N) is 2. The third-order valence-corrected chi connectivity index (χ3v) is 7.32. The number of carbonyl (C=O) groups is 2. The summed E-state index contributed by atoms with van der Waals surface area (Å²) in [5.41, 5.74) is 4.23. The standard InChI is InChI=1S/C29H32N2O5S/c1-18-27(17-37-26-14-12-25(13-15-26)31-20(3)34)35-29(23-8-10-24(11-9-23)30-19(2)33)36-28(18)22-6-4-21(16-32)5-7-22/h4-15,18,27-29,32H,16-17H2,1-3H3,(H,30,33)(H,31,34)/t18-,27+,28+,29+/m1/s1. The highest BCUT2D eigenvalue weighted by Gasteiger charge is 2.38. The van der Waals surface area contributed by atoms with Gasteiger partial charge in [0.15, 0.2) is 6.29 Å². The van der Waals surface area contributed by atoms with Gasteiger partial charge in [-0.25, -0.2) is 0 Å². The maximum absolute atomic E-state index is 11.4. The summed E-state index contributed by atoms with van der Waals surface area (Å²) in [6.07, 6.45) is -0.872. The van der Waals surface area contributed by atoms with Crippen LogP contribution in [0.2, 0.25) is 0 Å². The fourth-order valence-electron chi connectivity index (χ4n) is 4.25. The molecule has 0 saturated carbocycles. The number of rotatable bonds is 8. The van der Waals surface area contributed by atoms with Crippen molar-refractivity contribution in [2.75, 3.05) is 16.4 Å². The molecule has 7 nitrogen and oxygen atoms in total. The lowest BCUT2D eigenvalue weighted by Crippen LogP contribution is -2.38. The first-order chi connectivity index (χ1) is 17.8. The molecule has 3 N–H and O–H groups in total. The van der Waals surface area contributed by atoms with Gasteiger partial charge in [0.05, 0.1) is 18.8 Å². The van der Waals surface area contributed by atoms with Crippen LogP contribution in [0.3, 0.4) is 0 Å². The summed E-state index contributed by atoms with van der Waals surface area (Å²) < 4.78 is 13.0. The number of thioether (sulfide) groups is 1. The van der Waals surface area contributed by atoms with Gasteiger partial charge < -0.3 is 25.2 Å². The second kappa shape index (κ2) is 12.4. The molecule has 4 atom stereocenters. The number of amides is 2. The first kappa shape index (κ1) is 26.9. The van der Waals surface area contributed by atoms with Crippen molar-refractivity contribution in [3.63, 3.8) is 0 Å². The Morgan fingerprint density at radius 2 is 1.35 bits per heavy atom. The van der Waals surface area contributed by atoms with Crippen molar-refractivity contribution in [3.8, 4) is 0 Å². The molecule has 1 aliphatic heterocycles. The van der Waals surface area contributed by atoms with Crippen LogP contribution in [0.1, 0.15) is 49.9 Å². The zero-order valence-electron chi connectivity index (χ0n) is 21.1. The molecule has 4 rings (SSSR count). The highest BCUT2D eigenvalue weighted by atomic mass is 32.2. The minimum Gasteiger partial charge on any atom is -0.392 e. The van der Waals surface area contributed by atoms with Crippen molar-refractivity contribution in [2.45, 2.75) is 50.8 Å². The van der Waals surface area contributed by atoms with Gasteiger partial charge in [0.1, 0.15) is 0 Å². The van der Waals surface area contributed by atoms with Crippen molar-refractivity contribution in [1.82, 2.24) is 0 Å². The van der Waals surface area contributed by atoms with Gasteiger partial charge in [0.2, 0.25) is 11.8 Å². The molecule has 1 heterocycles. The summed E-state index contributed by atoms with van der Waals surface area (Å²) in [7, 11) is 0. The van der Waals surface area contributed by atoms with Crippen LogP contribution in [-0.4, -0.2) is 28.8 Å². The van der Waals surface area contributed by atoms with E-state index < -0.39 is 6.29 Å². The summed E-state index contributed by atoms with van der Waals surface area (Å²) in [6, 6.07) is 23.1. The van der Waals surface area contributed by atoms with Gasteiger partial charge in [0.25, 0.3) is 0 Å².